The first-order chi connectivity index (χ1) is 8.54. The largest absolute Gasteiger partial charge is 0.347 e. The topological polar surface area (TPSA) is 29.1 Å². The summed E-state index contributed by atoms with van der Waals surface area (Å²) in [5.41, 5.74) is 2.95. The van der Waals surface area contributed by atoms with E-state index in [4.69, 9.17) is 0 Å². The van der Waals surface area contributed by atoms with Crippen LogP contribution in [0.15, 0.2) is 34.1 Å². The van der Waals surface area contributed by atoms with Gasteiger partial charge in [-0.3, -0.25) is 4.79 Å². The molecule has 18 heavy (non-hydrogen) atoms. The quantitative estimate of drug-likeness (QED) is 0.906. The average molecular weight is 324 g/mol. The minimum absolute atomic E-state index is 0.0219. The Balaban J connectivity index is 2.03. The molecule has 0 saturated carbocycles. The van der Waals surface area contributed by atoms with E-state index in [0.717, 1.165) is 25.4 Å². The van der Waals surface area contributed by atoms with Crippen molar-refractivity contribution in [2.45, 2.75) is 20.4 Å². The zero-order valence-electron chi connectivity index (χ0n) is 10.3. The standard InChI is InChI=1S/C14H14BrNOS/c1-9-5-10(2)7-11(6-9)14(17)16-8-12-3-4-13(15)18-12/h3-7H,8H2,1-2H3,(H,16,17). The van der Waals surface area contributed by atoms with E-state index < -0.39 is 0 Å². The molecule has 1 aromatic heterocycles. The Labute approximate surface area is 119 Å². The summed E-state index contributed by atoms with van der Waals surface area (Å²) in [7, 11) is 0. The van der Waals surface area contributed by atoms with Gasteiger partial charge in [0.15, 0.2) is 0 Å². The molecular weight excluding hydrogens is 310 g/mol. The van der Waals surface area contributed by atoms with Crippen LogP contribution >= 0.6 is 27.3 Å². The monoisotopic (exact) mass is 323 g/mol. The average Bonchev–Trinajstić information content (AvgIpc) is 2.70. The van der Waals surface area contributed by atoms with Crippen LogP contribution in [-0.4, -0.2) is 5.91 Å². The maximum Gasteiger partial charge on any atom is 0.251 e. The van der Waals surface area contributed by atoms with E-state index in [2.05, 4.69) is 27.3 Å². The van der Waals surface area contributed by atoms with E-state index in [9.17, 15) is 4.79 Å². The van der Waals surface area contributed by atoms with Crippen LogP contribution in [0.4, 0.5) is 0 Å². The first-order valence-electron chi connectivity index (χ1n) is 5.65. The van der Waals surface area contributed by atoms with Crippen LogP contribution in [0.25, 0.3) is 0 Å². The molecule has 2 aromatic rings. The van der Waals surface area contributed by atoms with Crippen molar-refractivity contribution in [3.63, 3.8) is 0 Å². The van der Waals surface area contributed by atoms with E-state index >= 15 is 0 Å². The van der Waals surface area contributed by atoms with Gasteiger partial charge in [-0.05, 0) is 54.0 Å². The second kappa shape index (κ2) is 5.67. The SMILES string of the molecule is Cc1cc(C)cc(C(=O)NCc2ccc(Br)s2)c1. The van der Waals surface area contributed by atoms with Crippen molar-refractivity contribution in [3.05, 3.63) is 55.7 Å². The highest BCUT2D eigenvalue weighted by Gasteiger charge is 2.07. The molecule has 94 valence electrons. The number of carbonyl (C=O) groups excluding carboxylic acids is 1. The summed E-state index contributed by atoms with van der Waals surface area (Å²) in [6, 6.07) is 9.88. The smallest absolute Gasteiger partial charge is 0.251 e. The lowest BCUT2D eigenvalue weighted by Crippen LogP contribution is -2.22. The number of hydrogen-bond acceptors (Lipinski definition) is 2. The third-order valence-corrected chi connectivity index (χ3v) is 4.16. The number of amides is 1. The molecule has 0 spiro atoms. The van der Waals surface area contributed by atoms with Crippen molar-refractivity contribution >= 4 is 33.2 Å². The third-order valence-electron chi connectivity index (χ3n) is 2.54. The molecule has 4 heteroatoms. The predicted octanol–water partition coefficient (Wildman–Crippen LogP) is 4.06. The highest BCUT2D eigenvalue weighted by molar-refractivity contribution is 9.11. The van der Waals surface area contributed by atoms with Gasteiger partial charge in [-0.15, -0.1) is 11.3 Å². The fraction of sp³-hybridized carbons (Fsp3) is 0.214. The molecule has 0 aliphatic rings. The second-order valence-electron chi connectivity index (χ2n) is 4.26. The van der Waals surface area contributed by atoms with Crippen LogP contribution in [0.2, 0.25) is 0 Å². The summed E-state index contributed by atoms with van der Waals surface area (Å²) < 4.78 is 1.08. The molecule has 0 aliphatic carbocycles. The number of rotatable bonds is 3. The Hall–Kier alpha value is -1.13. The first-order valence-corrected chi connectivity index (χ1v) is 7.26. The Kier molecular flexibility index (Phi) is 4.19. The highest BCUT2D eigenvalue weighted by Crippen LogP contribution is 2.21. The summed E-state index contributed by atoms with van der Waals surface area (Å²) in [6.07, 6.45) is 0. The van der Waals surface area contributed by atoms with Crippen molar-refractivity contribution in [2.24, 2.45) is 0 Å². The Morgan fingerprint density at radius 2 is 1.89 bits per heavy atom. The van der Waals surface area contributed by atoms with Gasteiger partial charge >= 0.3 is 0 Å². The number of aryl methyl sites for hydroxylation is 2. The van der Waals surface area contributed by atoms with Crippen molar-refractivity contribution in [1.29, 1.82) is 0 Å². The van der Waals surface area contributed by atoms with Gasteiger partial charge in [0, 0.05) is 10.4 Å². The minimum Gasteiger partial charge on any atom is -0.347 e. The molecule has 0 atom stereocenters. The summed E-state index contributed by atoms with van der Waals surface area (Å²) in [5, 5.41) is 2.93. The molecule has 1 aromatic carbocycles. The van der Waals surface area contributed by atoms with Crippen LogP contribution in [0.1, 0.15) is 26.4 Å². The van der Waals surface area contributed by atoms with E-state index in [0.29, 0.717) is 6.54 Å². The van der Waals surface area contributed by atoms with E-state index in [1.165, 1.54) is 0 Å². The Morgan fingerprint density at radius 3 is 2.44 bits per heavy atom. The summed E-state index contributed by atoms with van der Waals surface area (Å²) in [5.74, 6) is -0.0219. The van der Waals surface area contributed by atoms with Crippen LogP contribution in [0.3, 0.4) is 0 Å². The fourth-order valence-electron chi connectivity index (χ4n) is 1.82. The van der Waals surface area contributed by atoms with Crippen molar-refractivity contribution in [1.82, 2.24) is 5.32 Å². The number of benzene rings is 1. The molecule has 0 bridgehead atoms. The molecule has 1 amide bonds. The third kappa shape index (κ3) is 3.43. The molecule has 0 saturated heterocycles. The zero-order valence-corrected chi connectivity index (χ0v) is 12.7. The highest BCUT2D eigenvalue weighted by atomic mass is 79.9. The van der Waals surface area contributed by atoms with Crippen LogP contribution < -0.4 is 5.32 Å². The molecule has 0 fully saturated rings. The van der Waals surface area contributed by atoms with Crippen LogP contribution in [0.5, 0.6) is 0 Å². The molecule has 0 radical (unpaired) electrons. The van der Waals surface area contributed by atoms with Crippen molar-refractivity contribution in [3.8, 4) is 0 Å². The number of carbonyl (C=O) groups is 1. The van der Waals surface area contributed by atoms with E-state index in [-0.39, 0.29) is 5.91 Å². The van der Waals surface area contributed by atoms with Gasteiger partial charge in [-0.25, -0.2) is 0 Å². The predicted molar refractivity (Wildman–Crippen MR) is 79.1 cm³/mol. The Bertz CT molecular complexity index is 557. The number of nitrogens with one attached hydrogen (secondary N) is 1. The van der Waals surface area contributed by atoms with Crippen LogP contribution in [-0.2, 0) is 6.54 Å². The number of halogens is 1. The van der Waals surface area contributed by atoms with Gasteiger partial charge in [0.1, 0.15) is 0 Å². The first kappa shape index (κ1) is 13.3. The second-order valence-corrected chi connectivity index (χ2v) is 6.81. The van der Waals surface area contributed by atoms with E-state index in [1.807, 2.05) is 38.1 Å². The van der Waals surface area contributed by atoms with Gasteiger partial charge < -0.3 is 5.32 Å². The maximum atomic E-state index is 12.0. The molecule has 2 nitrogen and oxygen atoms in total. The Morgan fingerprint density at radius 1 is 1.22 bits per heavy atom. The van der Waals surface area contributed by atoms with Gasteiger partial charge in [0.05, 0.1) is 10.3 Å². The van der Waals surface area contributed by atoms with Gasteiger partial charge in [-0.2, -0.15) is 0 Å². The van der Waals surface area contributed by atoms with Crippen molar-refractivity contribution < 1.29 is 4.79 Å². The van der Waals surface area contributed by atoms with Gasteiger partial charge in [0.2, 0.25) is 0 Å². The summed E-state index contributed by atoms with van der Waals surface area (Å²) >= 11 is 5.04. The molecule has 2 rings (SSSR count). The number of hydrogen-bond donors (Lipinski definition) is 1. The van der Waals surface area contributed by atoms with E-state index in [1.54, 1.807) is 11.3 Å². The fourth-order valence-corrected chi connectivity index (χ4v) is 3.24. The van der Waals surface area contributed by atoms with Crippen molar-refractivity contribution in [2.75, 3.05) is 0 Å². The normalized spacial score (nSPS) is 10.4. The molecule has 1 heterocycles. The summed E-state index contributed by atoms with van der Waals surface area (Å²) in [4.78, 5) is 13.1. The molecule has 1 N–H and O–H groups in total. The van der Waals surface area contributed by atoms with Crippen LogP contribution in [0, 0.1) is 13.8 Å². The lowest BCUT2D eigenvalue weighted by Gasteiger charge is -2.06. The lowest BCUT2D eigenvalue weighted by molar-refractivity contribution is 0.0951. The zero-order chi connectivity index (χ0) is 13.1. The van der Waals surface area contributed by atoms with Gasteiger partial charge in [0.25, 0.3) is 5.91 Å². The molecule has 0 unspecified atom stereocenters. The lowest BCUT2D eigenvalue weighted by atomic mass is 10.1. The summed E-state index contributed by atoms with van der Waals surface area (Å²) in [6.45, 7) is 4.57. The van der Waals surface area contributed by atoms with Gasteiger partial charge in [-0.1, -0.05) is 17.2 Å². The maximum absolute atomic E-state index is 12.0. The molecule has 0 aliphatic heterocycles. The minimum atomic E-state index is -0.0219. The molecular formula is C14H14BrNOS. The number of thiophene rings is 1.